The van der Waals surface area contributed by atoms with Gasteiger partial charge in [0.1, 0.15) is 23.9 Å². The van der Waals surface area contributed by atoms with E-state index in [2.05, 4.69) is 77.9 Å². The molecule has 3 aromatic rings. The lowest BCUT2D eigenvalue weighted by Gasteiger charge is -2.41. The largest absolute Gasteiger partial charge is 0.464 e. The molecule has 6 bridgehead atoms. The Bertz CT molecular complexity index is 2630. The van der Waals surface area contributed by atoms with Crippen LogP contribution in [0.15, 0.2) is 55.3 Å². The van der Waals surface area contributed by atoms with Crippen LogP contribution in [-0.4, -0.2) is 160 Å². The maximum Gasteiger partial charge on any atom is 0.324 e. The molecule has 1 unspecified atom stereocenters. The van der Waals surface area contributed by atoms with Crippen LogP contribution >= 0.6 is 0 Å². The molecule has 5 aliphatic heterocycles. The maximum atomic E-state index is 14.9. The first kappa shape index (κ1) is 51.3. The van der Waals surface area contributed by atoms with E-state index in [9.17, 15) is 24.0 Å². The average Bonchev–Trinajstić information content (AvgIpc) is 4.00. The summed E-state index contributed by atoms with van der Waals surface area (Å²) < 4.78 is 21.0. The predicted octanol–water partition coefficient (Wildman–Crippen LogP) is 6.07. The average molecular weight is 990 g/mol. The number of methoxy groups -OCH3 is 1. The van der Waals surface area contributed by atoms with Gasteiger partial charge in [-0.15, -0.1) is 0 Å². The highest BCUT2D eigenvalue weighted by molar-refractivity contribution is 5.95. The van der Waals surface area contributed by atoms with Gasteiger partial charge in [0.05, 0.1) is 36.2 Å². The quantitative estimate of drug-likeness (QED) is 0.189. The van der Waals surface area contributed by atoms with Crippen LogP contribution in [0.25, 0.3) is 27.7 Å². The van der Waals surface area contributed by atoms with Crippen LogP contribution in [0.3, 0.4) is 0 Å². The Kier molecular flexibility index (Phi) is 14.5. The van der Waals surface area contributed by atoms with Crippen molar-refractivity contribution in [2.45, 2.75) is 135 Å². The number of cyclic esters (lactones) is 1. The van der Waals surface area contributed by atoms with Crippen molar-refractivity contribution in [3.05, 3.63) is 72.1 Å². The number of pyridine rings is 1. The molecule has 7 heterocycles. The van der Waals surface area contributed by atoms with Gasteiger partial charge in [-0.2, -0.15) is 0 Å². The highest BCUT2D eigenvalue weighted by Gasteiger charge is 2.63. The highest BCUT2D eigenvalue weighted by atomic mass is 16.6. The van der Waals surface area contributed by atoms with E-state index in [1.165, 1.54) is 16.0 Å². The number of carbonyl (C=O) groups excluding carboxylic acids is 5. The zero-order valence-corrected chi connectivity index (χ0v) is 43.6. The minimum absolute atomic E-state index is 0.137. The molecule has 2 aromatic heterocycles. The van der Waals surface area contributed by atoms with Crippen LogP contribution in [0.1, 0.15) is 109 Å². The molecule has 5 atom stereocenters. The van der Waals surface area contributed by atoms with Crippen LogP contribution < -0.4 is 10.7 Å². The maximum absolute atomic E-state index is 14.9. The molecule has 2 N–H and O–H groups in total. The number of hydrazine groups is 1. The molecule has 5 amide bonds. The zero-order valence-electron chi connectivity index (χ0n) is 43.6. The van der Waals surface area contributed by atoms with Crippen molar-refractivity contribution in [2.24, 2.45) is 11.3 Å². The van der Waals surface area contributed by atoms with Crippen LogP contribution in [0.4, 0.5) is 4.79 Å². The monoisotopic (exact) mass is 990 g/mol. The molecule has 1 aromatic carbocycles. The smallest absolute Gasteiger partial charge is 0.324 e. The molecule has 17 heteroatoms. The van der Waals surface area contributed by atoms with Crippen LogP contribution in [0.2, 0.25) is 0 Å². The molecule has 9 rings (SSSR count). The number of likely N-dealkylation sites (N-methyl/N-ethyl adjacent to an activating group) is 1. The number of carbonyl (C=O) groups is 5. The number of hydrogen-bond acceptors (Lipinski definition) is 11. The number of ether oxygens (including phenoxy) is 3. The number of hydrogen-bond donors (Lipinski definition) is 2. The minimum Gasteiger partial charge on any atom is -0.464 e. The number of piperidine rings is 1. The Morgan fingerprint density at radius 2 is 1.83 bits per heavy atom. The number of benzene rings is 1. The second-order valence-electron chi connectivity index (χ2n) is 22.1. The van der Waals surface area contributed by atoms with Crippen molar-refractivity contribution in [3.63, 3.8) is 0 Å². The van der Waals surface area contributed by atoms with Gasteiger partial charge in [0.25, 0.3) is 5.91 Å². The van der Waals surface area contributed by atoms with E-state index < -0.39 is 46.7 Å². The van der Waals surface area contributed by atoms with Crippen molar-refractivity contribution >= 4 is 46.2 Å². The van der Waals surface area contributed by atoms with Crippen molar-refractivity contribution in [2.75, 3.05) is 66.6 Å². The van der Waals surface area contributed by atoms with Gasteiger partial charge in [-0.05, 0) is 118 Å². The van der Waals surface area contributed by atoms with Crippen LogP contribution in [0, 0.1) is 11.3 Å². The molecule has 1 aliphatic carbocycles. The summed E-state index contributed by atoms with van der Waals surface area (Å²) in [7, 11) is 3.35. The first-order valence-corrected chi connectivity index (χ1v) is 26.2. The number of likely N-dealkylation sites (tertiary alicyclic amines) is 1. The summed E-state index contributed by atoms with van der Waals surface area (Å²) in [5.74, 6) is -1.66. The molecular formula is C55H75N9O8. The molecule has 388 valence electrons. The van der Waals surface area contributed by atoms with Gasteiger partial charge in [-0.1, -0.05) is 46.4 Å². The standard InChI is InChI=1S/C55H75N9O8/c1-10-45(65)63-33-54(72-55(63)20-21-55)22-27-61(28-23-54)52(69)59(8)47(35(3)4)49(66)57-43-32-60-25-13-15-38(31-60)37-18-19-44-40(29-37)41(48(62(44)11-2)39-16-12-24-56-46(39)36(5)70-9)30-53(6,7)34-71-51(68)42-17-14-26-64(58-42)50(43)67/h10,12,15-16,18-19,24,29,35-36,42-43,47,58H,1,11,13-14,17,20-23,25-28,30-34H2,2-9H3,(H,57,66)/t36-,42-,43-,47-/m0/s1. The lowest BCUT2D eigenvalue weighted by atomic mass is 9.84. The Morgan fingerprint density at radius 1 is 1.07 bits per heavy atom. The molecule has 17 nitrogen and oxygen atoms in total. The molecule has 0 radical (unpaired) electrons. The molecule has 4 fully saturated rings. The number of nitrogens with zero attached hydrogens (tertiary/aromatic N) is 7. The lowest BCUT2D eigenvalue weighted by molar-refractivity contribution is -0.155. The SMILES string of the molecule is C=CC(=O)N1CC2(CCN(C(=O)N(C)[C@H](C(=O)N[C@H]3CN4CCC=C(C4)c4ccc5c(c4)c(c(-c4cccnc4[C@H](C)OC)n5CC)CC(C)(C)COC(=O)[C@@H]4CCCN(N4)C3=O)C(C)C)CC2)OC12CC2. The number of urea groups is 1. The molecular weight excluding hydrogens is 915 g/mol. The predicted molar refractivity (Wildman–Crippen MR) is 274 cm³/mol. The van der Waals surface area contributed by atoms with Gasteiger partial charge in [-0.3, -0.25) is 34.1 Å². The number of aromatic nitrogens is 2. The molecule has 1 saturated carbocycles. The Morgan fingerprint density at radius 3 is 2.53 bits per heavy atom. The fourth-order valence-electron chi connectivity index (χ4n) is 12.0. The van der Waals surface area contributed by atoms with E-state index in [-0.39, 0.29) is 43.0 Å². The van der Waals surface area contributed by atoms with Gasteiger partial charge in [0.15, 0.2) is 0 Å². The van der Waals surface area contributed by atoms with Gasteiger partial charge in [0, 0.05) is 88.0 Å². The van der Waals surface area contributed by atoms with E-state index in [1.807, 2.05) is 26.8 Å². The minimum atomic E-state index is -1.01. The molecule has 3 saturated heterocycles. The summed E-state index contributed by atoms with van der Waals surface area (Å²) in [6.07, 6.45) is 10.3. The van der Waals surface area contributed by atoms with Crippen LogP contribution in [0.5, 0.6) is 0 Å². The van der Waals surface area contributed by atoms with Crippen LogP contribution in [-0.2, 0) is 46.4 Å². The molecule has 72 heavy (non-hydrogen) atoms. The van der Waals surface area contributed by atoms with Crippen molar-refractivity contribution in [1.29, 1.82) is 0 Å². The molecule has 2 spiro atoms. The Balaban J connectivity index is 0.997. The van der Waals surface area contributed by atoms with E-state index in [4.69, 9.17) is 19.2 Å². The number of aryl methyl sites for hydroxylation is 1. The summed E-state index contributed by atoms with van der Waals surface area (Å²) in [5.41, 5.74) is 8.97. The summed E-state index contributed by atoms with van der Waals surface area (Å²) in [6.45, 7) is 19.8. The van der Waals surface area contributed by atoms with Crippen molar-refractivity contribution in [1.82, 2.24) is 44.9 Å². The summed E-state index contributed by atoms with van der Waals surface area (Å²) in [6, 6.07) is 7.79. The Hall–Kier alpha value is -5.62. The van der Waals surface area contributed by atoms with Gasteiger partial charge >= 0.3 is 12.0 Å². The van der Waals surface area contributed by atoms with E-state index >= 15 is 0 Å². The fourth-order valence-corrected chi connectivity index (χ4v) is 12.0. The van der Waals surface area contributed by atoms with Gasteiger partial charge in [0.2, 0.25) is 11.8 Å². The summed E-state index contributed by atoms with van der Waals surface area (Å²) in [4.78, 5) is 82.8. The third-order valence-corrected chi connectivity index (χ3v) is 16.0. The topological polar surface area (TPSA) is 171 Å². The second-order valence-corrected chi connectivity index (χ2v) is 22.1. The van der Waals surface area contributed by atoms with Crippen molar-refractivity contribution in [3.8, 4) is 11.3 Å². The first-order valence-electron chi connectivity index (χ1n) is 26.2. The fraction of sp³-hybridized carbons (Fsp3) is 0.600. The number of fused-ring (bicyclic) bond motifs is 6. The number of esters is 1. The normalized spacial score (nSPS) is 24.7. The van der Waals surface area contributed by atoms with Gasteiger partial charge in [-0.25, -0.2) is 10.2 Å². The van der Waals surface area contributed by atoms with Gasteiger partial charge < -0.3 is 38.8 Å². The van der Waals surface area contributed by atoms with E-state index in [0.29, 0.717) is 77.9 Å². The van der Waals surface area contributed by atoms with E-state index in [1.54, 1.807) is 30.2 Å². The third-order valence-electron chi connectivity index (χ3n) is 16.0. The molecule has 6 aliphatic rings. The number of nitrogens with one attached hydrogen (secondary N) is 2. The first-order chi connectivity index (χ1) is 34.4. The van der Waals surface area contributed by atoms with E-state index in [0.717, 1.165) is 63.8 Å². The second kappa shape index (κ2) is 20.4. The number of amides is 5. The third kappa shape index (κ3) is 9.93. The highest BCUT2D eigenvalue weighted by Crippen LogP contribution is 2.53. The number of rotatable bonds is 9. The Labute approximate surface area is 424 Å². The lowest BCUT2D eigenvalue weighted by Crippen LogP contribution is -2.64. The zero-order chi connectivity index (χ0) is 51.3. The van der Waals surface area contributed by atoms with Crippen molar-refractivity contribution < 1.29 is 38.2 Å². The summed E-state index contributed by atoms with van der Waals surface area (Å²) >= 11 is 0. The summed E-state index contributed by atoms with van der Waals surface area (Å²) in [5, 5.41) is 5.73.